The first kappa shape index (κ1) is 43.8. The van der Waals surface area contributed by atoms with Crippen LogP contribution in [0.4, 0.5) is 17.1 Å². The van der Waals surface area contributed by atoms with Gasteiger partial charge in [0.25, 0.3) is 0 Å². The molecule has 0 saturated carbocycles. The van der Waals surface area contributed by atoms with E-state index < -0.39 is 8.07 Å². The Bertz CT molecular complexity index is 4490. The molecule has 0 N–H and O–H groups in total. The van der Waals surface area contributed by atoms with Crippen LogP contribution in [0.5, 0.6) is 0 Å². The Balaban J connectivity index is 0.801. The number of anilines is 3. The van der Waals surface area contributed by atoms with Gasteiger partial charge in [-0.3, -0.25) is 0 Å². The van der Waals surface area contributed by atoms with Gasteiger partial charge in [-0.15, -0.1) is 0 Å². The van der Waals surface area contributed by atoms with Crippen LogP contribution < -0.4 is 25.6 Å². The van der Waals surface area contributed by atoms with Gasteiger partial charge in [0.05, 0.1) is 16.6 Å². The molecule has 0 unspecified atom stereocenters. The predicted molar refractivity (Wildman–Crippen MR) is 323 cm³/mol. The van der Waals surface area contributed by atoms with Gasteiger partial charge in [0, 0.05) is 49.4 Å². The molecule has 0 aliphatic heterocycles. The van der Waals surface area contributed by atoms with Crippen molar-refractivity contribution in [1.29, 1.82) is 0 Å². The molecule has 0 fully saturated rings. The minimum Gasteiger partial charge on any atom is -0.456 e. The van der Waals surface area contributed by atoms with Crippen molar-refractivity contribution < 1.29 is 4.42 Å². The van der Waals surface area contributed by atoms with Crippen molar-refractivity contribution in [3.05, 3.63) is 291 Å². The lowest BCUT2D eigenvalue weighted by atomic mass is 10.0. The number of fused-ring (bicyclic) bond motifs is 9. The van der Waals surface area contributed by atoms with Gasteiger partial charge in [0.2, 0.25) is 0 Å². The normalized spacial score (nSPS) is 11.9. The van der Waals surface area contributed by atoms with E-state index in [1.165, 1.54) is 81.1 Å². The fraction of sp³-hybridized carbons (Fsp3) is 0. The maximum Gasteiger partial charge on any atom is 0.179 e. The summed E-state index contributed by atoms with van der Waals surface area (Å²) in [6.45, 7) is 0. The van der Waals surface area contributed by atoms with Gasteiger partial charge >= 0.3 is 0 Å². The molecular formula is C72H48N2OSi. The van der Waals surface area contributed by atoms with E-state index in [2.05, 4.69) is 288 Å². The van der Waals surface area contributed by atoms with Crippen molar-refractivity contribution in [3.8, 4) is 33.4 Å². The average molecular weight is 985 g/mol. The molecular weight excluding hydrogens is 937 g/mol. The lowest BCUT2D eigenvalue weighted by Crippen LogP contribution is -2.74. The molecule has 3 nitrogen and oxygen atoms in total. The molecule has 12 aromatic carbocycles. The van der Waals surface area contributed by atoms with Gasteiger partial charge in [-0.05, 0) is 121 Å². The molecule has 15 aromatic rings. The fourth-order valence-corrected chi connectivity index (χ4v) is 17.1. The third kappa shape index (κ3) is 6.96. The topological polar surface area (TPSA) is 20.8 Å². The van der Waals surface area contributed by atoms with Gasteiger partial charge in [0.15, 0.2) is 8.07 Å². The highest BCUT2D eigenvalue weighted by Gasteiger charge is 2.41. The zero-order valence-corrected chi connectivity index (χ0v) is 42.5. The molecule has 4 heteroatoms. The minimum atomic E-state index is -2.64. The first-order valence-corrected chi connectivity index (χ1v) is 28.1. The molecule has 15 rings (SSSR count). The summed E-state index contributed by atoms with van der Waals surface area (Å²) in [7, 11) is -2.64. The first-order valence-electron chi connectivity index (χ1n) is 26.1. The quantitative estimate of drug-likeness (QED) is 0.101. The van der Waals surface area contributed by atoms with E-state index in [0.717, 1.165) is 50.1 Å². The summed E-state index contributed by atoms with van der Waals surface area (Å²) in [6, 6.07) is 107. The van der Waals surface area contributed by atoms with E-state index >= 15 is 0 Å². The number of benzene rings is 12. The van der Waals surface area contributed by atoms with Crippen LogP contribution in [0.15, 0.2) is 296 Å². The lowest BCUT2D eigenvalue weighted by Gasteiger charge is -2.34. The summed E-state index contributed by atoms with van der Waals surface area (Å²) in [5.41, 5.74) is 15.8. The van der Waals surface area contributed by atoms with Crippen LogP contribution in [-0.2, 0) is 0 Å². The Morgan fingerprint density at radius 1 is 0.263 bits per heavy atom. The highest BCUT2D eigenvalue weighted by molar-refractivity contribution is 7.19. The molecule has 0 atom stereocenters. The van der Waals surface area contributed by atoms with E-state index in [1.807, 2.05) is 12.1 Å². The van der Waals surface area contributed by atoms with Crippen molar-refractivity contribution in [1.82, 2.24) is 4.40 Å². The third-order valence-electron chi connectivity index (χ3n) is 15.9. The average Bonchev–Trinajstić information content (AvgIpc) is 4.18. The van der Waals surface area contributed by atoms with Crippen LogP contribution >= 0.6 is 0 Å². The summed E-state index contributed by atoms with van der Waals surface area (Å²) in [5, 5.41) is 12.9. The summed E-state index contributed by atoms with van der Waals surface area (Å²) in [4.78, 5) is 2.37. The van der Waals surface area contributed by atoms with E-state index in [9.17, 15) is 0 Å². The Hall–Kier alpha value is -9.74. The summed E-state index contributed by atoms with van der Waals surface area (Å²) >= 11 is 0. The van der Waals surface area contributed by atoms with Crippen molar-refractivity contribution in [2.45, 2.75) is 0 Å². The molecule has 0 spiro atoms. The molecule has 0 amide bonds. The number of aromatic nitrogens is 1. The third-order valence-corrected chi connectivity index (χ3v) is 20.7. The number of furan rings is 1. The first-order chi connectivity index (χ1) is 37.7. The van der Waals surface area contributed by atoms with E-state index in [-0.39, 0.29) is 0 Å². The SMILES string of the molecule is c1ccc([Si](c2ccccc2)(c2ccccc2)c2ccc(-c3ccc(N(c4ccc(-c5ccc6c(c5)oc5ccccc56)cc4)c4ccc(-c5ccc6c7cccc8c9ccccc9n(c6c5)c87)cc4)cc3)cc2)cc1. The predicted octanol–water partition coefficient (Wildman–Crippen LogP) is 16.6. The highest BCUT2D eigenvalue weighted by atomic mass is 28.3. The van der Waals surface area contributed by atoms with Gasteiger partial charge in [-0.25, -0.2) is 0 Å². The van der Waals surface area contributed by atoms with Gasteiger partial charge < -0.3 is 13.7 Å². The number of nitrogens with zero attached hydrogens (tertiary/aromatic N) is 2. The standard InChI is InChI=1S/C72H48N2OSi/c1-4-15-58(16-5-1)76(59-17-6-2-7-18-59,60-19-8-3-9-20-60)61-43-33-50(34-44-61)49-27-37-55(38-28-49)73(57-41-31-52(32-42-57)54-36-46-65-64-22-11-13-26-70(64)75-71(65)48-54)56-39-29-51(30-40-56)53-35-45-63-67-24-14-23-66-62-21-10-12-25-68(62)74(72(66)67)69(63)47-53/h1-48H. The van der Waals surface area contributed by atoms with Crippen LogP contribution in [-0.4, -0.2) is 12.5 Å². The summed E-state index contributed by atoms with van der Waals surface area (Å²) in [5.74, 6) is 0. The van der Waals surface area contributed by atoms with Crippen LogP contribution in [0.3, 0.4) is 0 Å². The number of hydrogen-bond acceptors (Lipinski definition) is 2. The number of para-hydroxylation sites is 3. The van der Waals surface area contributed by atoms with Crippen molar-refractivity contribution >= 4 is 106 Å². The van der Waals surface area contributed by atoms with Crippen LogP contribution in [0, 0.1) is 0 Å². The largest absolute Gasteiger partial charge is 0.456 e. The zero-order valence-electron chi connectivity index (χ0n) is 41.5. The van der Waals surface area contributed by atoms with E-state index in [1.54, 1.807) is 0 Å². The smallest absolute Gasteiger partial charge is 0.179 e. The highest BCUT2D eigenvalue weighted by Crippen LogP contribution is 2.42. The summed E-state index contributed by atoms with van der Waals surface area (Å²) in [6.07, 6.45) is 0. The minimum absolute atomic E-state index is 0.895. The molecule has 0 aliphatic carbocycles. The second-order valence-corrected chi connectivity index (χ2v) is 23.8. The molecule has 3 heterocycles. The molecule has 0 bridgehead atoms. The monoisotopic (exact) mass is 984 g/mol. The Kier molecular flexibility index (Phi) is 10.2. The molecule has 0 aliphatic rings. The maximum atomic E-state index is 6.31. The zero-order chi connectivity index (χ0) is 50.2. The van der Waals surface area contributed by atoms with Gasteiger partial charge in [-0.2, -0.15) is 0 Å². The molecule has 0 radical (unpaired) electrons. The fourth-order valence-electron chi connectivity index (χ4n) is 12.3. The van der Waals surface area contributed by atoms with Gasteiger partial charge in [-0.1, -0.05) is 224 Å². The Morgan fingerprint density at radius 3 is 1.20 bits per heavy atom. The Labute approximate surface area is 441 Å². The van der Waals surface area contributed by atoms with Crippen molar-refractivity contribution in [2.75, 3.05) is 4.90 Å². The lowest BCUT2D eigenvalue weighted by molar-refractivity contribution is 0.669. The number of hydrogen-bond donors (Lipinski definition) is 0. The molecule has 3 aromatic heterocycles. The van der Waals surface area contributed by atoms with Crippen molar-refractivity contribution in [3.63, 3.8) is 0 Å². The molecule has 76 heavy (non-hydrogen) atoms. The second-order valence-electron chi connectivity index (χ2n) is 20.0. The van der Waals surface area contributed by atoms with E-state index in [0.29, 0.717) is 0 Å². The summed E-state index contributed by atoms with van der Waals surface area (Å²) < 4.78 is 8.76. The van der Waals surface area contributed by atoms with Crippen LogP contribution in [0.1, 0.15) is 0 Å². The second kappa shape index (κ2) is 17.7. The molecule has 356 valence electrons. The van der Waals surface area contributed by atoms with E-state index in [4.69, 9.17) is 4.42 Å². The van der Waals surface area contributed by atoms with Crippen LogP contribution in [0.2, 0.25) is 0 Å². The van der Waals surface area contributed by atoms with Gasteiger partial charge in [0.1, 0.15) is 11.2 Å². The maximum absolute atomic E-state index is 6.31. The van der Waals surface area contributed by atoms with Crippen molar-refractivity contribution in [2.24, 2.45) is 0 Å². The Morgan fingerprint density at radius 2 is 0.645 bits per heavy atom. The van der Waals surface area contributed by atoms with Crippen LogP contribution in [0.25, 0.3) is 93.4 Å². The molecule has 0 saturated heterocycles. The number of rotatable bonds is 10.